The second-order valence-electron chi connectivity index (χ2n) is 5.71. The summed E-state index contributed by atoms with van der Waals surface area (Å²) in [5, 5.41) is 12.2. The van der Waals surface area contributed by atoms with Gasteiger partial charge in [-0.05, 0) is 51.5 Å². The molecule has 1 aliphatic heterocycles. The van der Waals surface area contributed by atoms with Crippen molar-refractivity contribution in [2.24, 2.45) is 5.92 Å². The van der Waals surface area contributed by atoms with Crippen molar-refractivity contribution in [3.63, 3.8) is 0 Å². The maximum Gasteiger partial charge on any atom is 0.323 e. The Balaban J connectivity index is 1.87. The van der Waals surface area contributed by atoms with E-state index in [9.17, 15) is 14.7 Å². The lowest BCUT2D eigenvalue weighted by Gasteiger charge is -2.41. The Hall–Kier alpha value is -1.10. The zero-order valence-corrected chi connectivity index (χ0v) is 10.9. The van der Waals surface area contributed by atoms with Crippen LogP contribution in [0.2, 0.25) is 0 Å². The molecule has 18 heavy (non-hydrogen) atoms. The largest absolute Gasteiger partial charge is 0.480 e. The lowest BCUT2D eigenvalue weighted by Crippen LogP contribution is -2.57. The van der Waals surface area contributed by atoms with E-state index in [4.69, 9.17) is 0 Å². The van der Waals surface area contributed by atoms with E-state index >= 15 is 0 Å². The van der Waals surface area contributed by atoms with Crippen molar-refractivity contribution in [1.29, 1.82) is 0 Å². The zero-order valence-electron chi connectivity index (χ0n) is 10.9. The number of piperidine rings is 1. The molecule has 1 saturated heterocycles. The van der Waals surface area contributed by atoms with E-state index in [1.165, 1.54) is 12.8 Å². The Bertz CT molecular complexity index is 341. The van der Waals surface area contributed by atoms with Gasteiger partial charge in [0.25, 0.3) is 0 Å². The molecule has 0 aromatic rings. The van der Waals surface area contributed by atoms with Crippen LogP contribution in [0.25, 0.3) is 0 Å². The molecule has 1 unspecified atom stereocenters. The summed E-state index contributed by atoms with van der Waals surface area (Å²) in [6, 6.07) is 0. The summed E-state index contributed by atoms with van der Waals surface area (Å²) in [6.07, 6.45) is 4.92. The van der Waals surface area contributed by atoms with Crippen molar-refractivity contribution < 1.29 is 14.7 Å². The van der Waals surface area contributed by atoms with Gasteiger partial charge in [-0.2, -0.15) is 0 Å². The third kappa shape index (κ3) is 3.02. The smallest absolute Gasteiger partial charge is 0.323 e. The van der Waals surface area contributed by atoms with Gasteiger partial charge in [0.2, 0.25) is 5.91 Å². The minimum Gasteiger partial charge on any atom is -0.480 e. The highest BCUT2D eigenvalue weighted by Crippen LogP contribution is 2.29. The molecule has 102 valence electrons. The quantitative estimate of drug-likeness (QED) is 0.763. The average Bonchev–Trinajstić information content (AvgIpc) is 3.13. The van der Waals surface area contributed by atoms with Gasteiger partial charge in [-0.3, -0.25) is 14.5 Å². The molecule has 1 amide bonds. The molecule has 0 bridgehead atoms. The summed E-state index contributed by atoms with van der Waals surface area (Å²) in [6.45, 7) is 3.37. The topological polar surface area (TPSA) is 69.6 Å². The lowest BCUT2D eigenvalue weighted by atomic mass is 9.88. The number of carbonyl (C=O) groups is 2. The molecule has 5 nitrogen and oxygen atoms in total. The summed E-state index contributed by atoms with van der Waals surface area (Å²) < 4.78 is 0. The Labute approximate surface area is 108 Å². The monoisotopic (exact) mass is 254 g/mol. The third-order valence-corrected chi connectivity index (χ3v) is 4.12. The third-order valence-electron chi connectivity index (χ3n) is 4.12. The van der Waals surface area contributed by atoms with Crippen LogP contribution in [-0.4, -0.2) is 47.1 Å². The van der Waals surface area contributed by atoms with E-state index in [1.54, 1.807) is 11.8 Å². The number of carboxylic acids is 1. The SMILES string of the molecule is CC1(C(=O)O)CCCCN1CC(=O)NCC1CC1. The van der Waals surface area contributed by atoms with E-state index in [2.05, 4.69) is 5.32 Å². The molecule has 2 fully saturated rings. The van der Waals surface area contributed by atoms with Crippen molar-refractivity contribution in [3.05, 3.63) is 0 Å². The van der Waals surface area contributed by atoms with Crippen molar-refractivity contribution in [1.82, 2.24) is 10.2 Å². The summed E-state index contributed by atoms with van der Waals surface area (Å²) in [5.41, 5.74) is -0.880. The van der Waals surface area contributed by atoms with Crippen LogP contribution in [0.4, 0.5) is 0 Å². The van der Waals surface area contributed by atoms with Crippen LogP contribution >= 0.6 is 0 Å². The molecular formula is C13H22N2O3. The Kier molecular flexibility index (Phi) is 3.90. The molecule has 2 N–H and O–H groups in total. The average molecular weight is 254 g/mol. The number of hydrogen-bond acceptors (Lipinski definition) is 3. The first-order valence-electron chi connectivity index (χ1n) is 6.77. The number of hydrogen-bond donors (Lipinski definition) is 2. The number of carboxylic acid groups (broad SMARTS) is 1. The van der Waals surface area contributed by atoms with Crippen molar-refractivity contribution >= 4 is 11.9 Å². The summed E-state index contributed by atoms with van der Waals surface area (Å²) in [5.74, 6) is -0.213. The van der Waals surface area contributed by atoms with Crippen molar-refractivity contribution in [2.45, 2.75) is 44.6 Å². The minimum absolute atomic E-state index is 0.0451. The molecular weight excluding hydrogens is 232 g/mol. The van der Waals surface area contributed by atoms with Gasteiger partial charge in [0.1, 0.15) is 5.54 Å². The Morgan fingerprint density at radius 3 is 2.72 bits per heavy atom. The molecule has 2 aliphatic rings. The van der Waals surface area contributed by atoms with Crippen LogP contribution < -0.4 is 5.32 Å². The number of aliphatic carboxylic acids is 1. The second kappa shape index (κ2) is 5.26. The summed E-state index contributed by atoms with van der Waals surface area (Å²) >= 11 is 0. The Morgan fingerprint density at radius 2 is 2.11 bits per heavy atom. The van der Waals surface area contributed by atoms with Crippen LogP contribution in [0.3, 0.4) is 0 Å². The summed E-state index contributed by atoms with van der Waals surface area (Å²) in [7, 11) is 0. The number of amides is 1. The van der Waals surface area contributed by atoms with E-state index in [0.29, 0.717) is 18.9 Å². The standard InChI is InChI=1S/C13H22N2O3/c1-13(12(17)18)6-2-3-7-15(13)9-11(16)14-8-10-4-5-10/h10H,2-9H2,1H3,(H,14,16)(H,17,18). The maximum absolute atomic E-state index is 11.8. The molecule has 1 aliphatic carbocycles. The molecule has 0 spiro atoms. The van der Waals surface area contributed by atoms with Crippen molar-refractivity contribution in [2.75, 3.05) is 19.6 Å². The van der Waals surface area contributed by atoms with Gasteiger partial charge >= 0.3 is 5.97 Å². The van der Waals surface area contributed by atoms with Gasteiger partial charge < -0.3 is 10.4 Å². The number of carbonyl (C=O) groups excluding carboxylic acids is 1. The molecule has 1 atom stereocenters. The zero-order chi connectivity index (χ0) is 13.2. The predicted molar refractivity (Wildman–Crippen MR) is 67.2 cm³/mol. The van der Waals surface area contributed by atoms with E-state index < -0.39 is 11.5 Å². The highest BCUT2D eigenvalue weighted by atomic mass is 16.4. The molecule has 1 saturated carbocycles. The first-order chi connectivity index (χ1) is 8.52. The van der Waals surface area contributed by atoms with Crippen LogP contribution in [0.15, 0.2) is 0 Å². The van der Waals surface area contributed by atoms with Gasteiger partial charge in [-0.15, -0.1) is 0 Å². The van der Waals surface area contributed by atoms with Gasteiger partial charge in [0.15, 0.2) is 0 Å². The van der Waals surface area contributed by atoms with Crippen LogP contribution in [-0.2, 0) is 9.59 Å². The molecule has 5 heteroatoms. The van der Waals surface area contributed by atoms with Crippen molar-refractivity contribution in [3.8, 4) is 0 Å². The first-order valence-corrected chi connectivity index (χ1v) is 6.77. The number of likely N-dealkylation sites (tertiary alicyclic amines) is 1. The first kappa shape index (κ1) is 13.3. The van der Waals surface area contributed by atoms with E-state index in [0.717, 1.165) is 19.4 Å². The molecule has 0 radical (unpaired) electrons. The predicted octanol–water partition coefficient (Wildman–Crippen LogP) is 0.842. The fraction of sp³-hybridized carbons (Fsp3) is 0.846. The fourth-order valence-electron chi connectivity index (χ4n) is 2.48. The van der Waals surface area contributed by atoms with E-state index in [1.807, 2.05) is 0 Å². The highest BCUT2D eigenvalue weighted by molar-refractivity contribution is 5.82. The fourth-order valence-corrected chi connectivity index (χ4v) is 2.48. The van der Waals surface area contributed by atoms with Crippen LogP contribution in [0.5, 0.6) is 0 Å². The Morgan fingerprint density at radius 1 is 1.39 bits per heavy atom. The lowest BCUT2D eigenvalue weighted by molar-refractivity contribution is -0.153. The van der Waals surface area contributed by atoms with Gasteiger partial charge in [0, 0.05) is 6.54 Å². The summed E-state index contributed by atoms with van der Waals surface area (Å²) in [4.78, 5) is 25.0. The molecule has 1 heterocycles. The van der Waals surface area contributed by atoms with Gasteiger partial charge in [-0.1, -0.05) is 0 Å². The molecule has 2 rings (SSSR count). The number of rotatable bonds is 5. The normalized spacial score (nSPS) is 28.9. The van der Waals surface area contributed by atoms with E-state index in [-0.39, 0.29) is 12.5 Å². The minimum atomic E-state index is -0.880. The molecule has 0 aromatic carbocycles. The van der Waals surface area contributed by atoms with Gasteiger partial charge in [-0.25, -0.2) is 0 Å². The number of nitrogens with one attached hydrogen (secondary N) is 1. The maximum atomic E-state index is 11.8. The highest BCUT2D eigenvalue weighted by Gasteiger charge is 2.41. The molecule has 0 aromatic heterocycles. The van der Waals surface area contributed by atoms with Gasteiger partial charge in [0.05, 0.1) is 6.54 Å². The number of nitrogens with zero attached hydrogens (tertiary/aromatic N) is 1. The van der Waals surface area contributed by atoms with Crippen LogP contribution in [0, 0.1) is 5.92 Å². The van der Waals surface area contributed by atoms with Crippen LogP contribution in [0.1, 0.15) is 39.0 Å². The second-order valence-corrected chi connectivity index (χ2v) is 5.71.